The fourth-order valence-corrected chi connectivity index (χ4v) is 15.8. The van der Waals surface area contributed by atoms with Crippen LogP contribution in [0.5, 0.6) is 11.5 Å². The van der Waals surface area contributed by atoms with Gasteiger partial charge in [0.2, 0.25) is 0 Å². The van der Waals surface area contributed by atoms with E-state index in [1.54, 1.807) is 56.2 Å². The maximum absolute atomic E-state index is 12.5. The van der Waals surface area contributed by atoms with Crippen LogP contribution in [0, 0.1) is 0 Å². The molecule has 0 bridgehead atoms. The van der Waals surface area contributed by atoms with Crippen LogP contribution in [0.2, 0.25) is 0 Å². The van der Waals surface area contributed by atoms with E-state index in [1.165, 1.54) is 0 Å². The molecule has 6 aromatic heterocycles. The van der Waals surface area contributed by atoms with Crippen LogP contribution in [-0.4, -0.2) is 96.0 Å². The fraction of sp³-hybridized carbons (Fsp3) is 0.150. The minimum atomic E-state index is -0.183. The normalized spacial score (nSPS) is 13.2. The topological polar surface area (TPSA) is 304 Å². The highest BCUT2D eigenvalue weighted by Gasteiger charge is 2.20. The van der Waals surface area contributed by atoms with E-state index in [-0.39, 0.29) is 27.8 Å². The zero-order valence-corrected chi connectivity index (χ0v) is 72.2. The van der Waals surface area contributed by atoms with Crippen LogP contribution in [0.4, 0.5) is 0 Å². The van der Waals surface area contributed by atoms with E-state index in [9.17, 15) is 24.0 Å². The highest BCUT2D eigenvalue weighted by Crippen LogP contribution is 2.33. The molecule has 23 heteroatoms. The molecule has 0 amide bonds. The van der Waals surface area contributed by atoms with Crippen LogP contribution in [-0.2, 0) is 46.2 Å². The summed E-state index contributed by atoms with van der Waals surface area (Å²) in [5.74, 6) is 5.41. The highest BCUT2D eigenvalue weighted by molar-refractivity contribution is 6.05. The Morgan fingerprint density at radius 2 is 0.677 bits per heavy atom. The third kappa shape index (κ3) is 20.7. The molecule has 0 saturated heterocycles. The number of nitrogens with zero attached hydrogens (tertiary/aromatic N) is 12. The number of aromatic nitrogens is 12. The van der Waals surface area contributed by atoms with Gasteiger partial charge in [-0.2, -0.15) is 0 Å². The van der Waals surface area contributed by atoms with E-state index in [0.717, 1.165) is 163 Å². The molecule has 130 heavy (non-hydrogen) atoms. The molecule has 4 N–H and O–H groups in total. The van der Waals surface area contributed by atoms with Crippen molar-refractivity contribution in [3.05, 3.63) is 419 Å². The Hall–Kier alpha value is -16.4. The lowest BCUT2D eigenvalue weighted by molar-refractivity contribution is 0.355. The molecule has 0 saturated carbocycles. The van der Waals surface area contributed by atoms with Crippen molar-refractivity contribution in [1.29, 1.82) is 0 Å². The summed E-state index contributed by atoms with van der Waals surface area (Å²) in [5.41, 5.74) is 18.0. The summed E-state index contributed by atoms with van der Waals surface area (Å²) in [6.45, 7) is 0. The first-order chi connectivity index (χ1) is 63.6. The maximum Gasteiger partial charge on any atom is 0.261 e. The molecule has 11 aromatic carbocycles. The van der Waals surface area contributed by atoms with E-state index in [0.29, 0.717) is 105 Å². The fourth-order valence-electron chi connectivity index (χ4n) is 15.8. The molecular formula is C107H92N16O7. The molecule has 0 atom stereocenters. The number of aliphatic imine (C=N–C) groups is 4. The monoisotopic (exact) mass is 1710 g/mol. The van der Waals surface area contributed by atoms with Gasteiger partial charge in [-0.1, -0.05) is 237 Å². The van der Waals surface area contributed by atoms with Crippen molar-refractivity contribution in [2.45, 2.75) is 77.0 Å². The predicted octanol–water partition coefficient (Wildman–Crippen LogP) is 19.3. The number of benzene rings is 11. The van der Waals surface area contributed by atoms with Crippen molar-refractivity contribution in [3.8, 4) is 22.8 Å². The van der Waals surface area contributed by atoms with Gasteiger partial charge in [-0.3, -0.25) is 48.5 Å². The Labute approximate surface area is 747 Å². The predicted molar refractivity (Wildman–Crippen MR) is 523 cm³/mol. The summed E-state index contributed by atoms with van der Waals surface area (Å²) in [7, 11) is 6.84. The van der Waals surface area contributed by atoms with Gasteiger partial charge in [0, 0.05) is 113 Å². The number of para-hydroxylation sites is 3. The lowest BCUT2D eigenvalue weighted by Gasteiger charge is -2.09. The number of imidazole rings is 1. The Balaban J connectivity index is 0.000000114. The maximum atomic E-state index is 12.5. The minimum Gasteiger partial charge on any atom is -0.493 e. The van der Waals surface area contributed by atoms with Gasteiger partial charge in [-0.05, 0) is 119 Å². The Morgan fingerprint density at radius 1 is 0.323 bits per heavy atom. The number of ether oxygens (including phenoxy) is 2. The van der Waals surface area contributed by atoms with E-state index in [4.69, 9.17) is 34.4 Å². The number of fused-ring (bicyclic) bond motifs is 6. The number of H-pyrrole nitrogens is 4. The molecular weight excluding hydrogens is 1620 g/mol. The molecule has 0 unspecified atom stereocenters. The number of allylic oxidation sites excluding steroid dienone is 5. The lowest BCUT2D eigenvalue weighted by atomic mass is 10.1. The summed E-state index contributed by atoms with van der Waals surface area (Å²) in [6.07, 6.45) is 23.4. The van der Waals surface area contributed by atoms with Crippen LogP contribution in [0.1, 0.15) is 102 Å². The second-order valence-corrected chi connectivity index (χ2v) is 31.5. The van der Waals surface area contributed by atoms with Gasteiger partial charge in [0.1, 0.15) is 34.9 Å². The molecule has 642 valence electrons. The zero-order chi connectivity index (χ0) is 89.2. The van der Waals surface area contributed by atoms with E-state index >= 15 is 0 Å². The van der Waals surface area contributed by atoms with Crippen molar-refractivity contribution < 1.29 is 9.47 Å². The van der Waals surface area contributed by atoms with E-state index in [2.05, 4.69) is 130 Å². The molecule has 17 aromatic rings. The van der Waals surface area contributed by atoms with Crippen molar-refractivity contribution in [2.24, 2.45) is 34.1 Å². The van der Waals surface area contributed by atoms with Gasteiger partial charge in [0.25, 0.3) is 27.8 Å². The molecule has 0 radical (unpaired) electrons. The second-order valence-electron chi connectivity index (χ2n) is 31.5. The molecule has 23 nitrogen and oxygen atoms in total. The second kappa shape index (κ2) is 40.3. The number of aryl methyl sites for hydroxylation is 6. The third-order valence-corrected chi connectivity index (χ3v) is 22.7. The molecule has 10 heterocycles. The van der Waals surface area contributed by atoms with E-state index < -0.39 is 0 Å². The van der Waals surface area contributed by atoms with Crippen LogP contribution in [0.3, 0.4) is 0 Å². The number of hydrogen-bond donors (Lipinski definition) is 4. The highest BCUT2D eigenvalue weighted by atomic mass is 16.5. The first-order valence-corrected chi connectivity index (χ1v) is 43.2. The quantitative estimate of drug-likeness (QED) is 0.0487. The smallest absolute Gasteiger partial charge is 0.261 e. The number of aromatic amines is 4. The molecule has 0 aliphatic carbocycles. The number of methoxy groups -OCH3 is 2. The molecule has 0 fully saturated rings. The Morgan fingerprint density at radius 3 is 1.14 bits per heavy atom. The van der Waals surface area contributed by atoms with Crippen LogP contribution >= 0.6 is 0 Å². The van der Waals surface area contributed by atoms with Gasteiger partial charge in [0.05, 0.1) is 97.2 Å². The average molecular weight is 1710 g/mol. The first kappa shape index (κ1) is 85.7. The van der Waals surface area contributed by atoms with Crippen LogP contribution < -0.4 is 37.3 Å². The number of hydrogen-bond acceptors (Lipinski definition) is 17. The van der Waals surface area contributed by atoms with Gasteiger partial charge < -0.3 is 34.0 Å². The largest absolute Gasteiger partial charge is 0.493 e. The molecule has 4 aliphatic rings. The van der Waals surface area contributed by atoms with Crippen molar-refractivity contribution in [3.63, 3.8) is 0 Å². The summed E-state index contributed by atoms with van der Waals surface area (Å²) < 4.78 is 14.2. The average Bonchev–Trinajstić information content (AvgIpc) is 0.799. The van der Waals surface area contributed by atoms with E-state index in [1.807, 2.05) is 212 Å². The third-order valence-electron chi connectivity index (χ3n) is 22.7. The minimum absolute atomic E-state index is 0.0401. The van der Waals surface area contributed by atoms with Crippen LogP contribution in [0.15, 0.2) is 354 Å². The van der Waals surface area contributed by atoms with Gasteiger partial charge in [-0.15, -0.1) is 0 Å². The van der Waals surface area contributed by atoms with Crippen molar-refractivity contribution >= 4 is 117 Å². The molecule has 4 aliphatic heterocycles. The standard InChI is InChI=1S/C24H19N3O.C22H21N3O3.C21H17N3O.C20H18N4O.C20H17N3O/c28-24-20-14-17-8-4-5-9-18(17)15-22(20)26-23(27-24)13-11-19-10-12-21(25-19)16-6-2-1-3-7-16;1-27-19-12-16-18(13-20(19)28-2)24-21(25-22(16)26)11-9-15-8-10-17(23-15)14-6-4-3-5-7-14;1-24-20(23-19-10-6-5-9-17(19)21(24)25)14-12-16-11-13-18(22-16)15-7-3-2-4-8-15;1-24-13-17(14-7-3-2-4-8-14)22-19(24)12-11-18-21-16-10-6-5-9-15(16)20(25)23-18;24-20-16-8-4-5-9-18(16)22-19(23-20)13-11-15-10-12-17(21-15)14-6-2-1-3-7-14/h1-9,12,14-15H,10-11,13H2,(H,26,27,28);3-7,10,12-13H,8-9,11H2,1-2H3,(H,24,25,26);2-10,12-14H,11H2,1H3;2-10,13H,11-12H2,1H3,(H,21,23,25);1-9,12H,10-11,13H2,(H,22,23,24). The van der Waals surface area contributed by atoms with Gasteiger partial charge >= 0.3 is 0 Å². The number of rotatable bonds is 21. The SMILES string of the molecule is COc1cc2nc(CCC3=NC(c4ccccc4)=CC3)[nH]c(=O)c2cc1OC.Cn1c(C=CC2=NC(c3ccccc3)=CC2)nc2ccccc2c1=O.Cn1cc(-c2ccccc2)nc1CCc1nc2ccccc2c(=O)[nH]1.O=c1[nH]c(CCC2=NC(c3ccccc3)=CC2)nc2cc3ccccc3cc12.O=c1[nH]c(CCC2=NC(c3ccccc3)=CC2)nc2ccccc12. The zero-order valence-electron chi connectivity index (χ0n) is 72.2. The first-order valence-electron chi connectivity index (χ1n) is 43.2. The van der Waals surface area contributed by atoms with Gasteiger partial charge in [-0.25, -0.2) is 29.9 Å². The number of nitrogens with one attached hydrogen (secondary N) is 4. The Kier molecular flexibility index (Phi) is 26.5. The Bertz CT molecular complexity index is 7720. The molecule has 21 rings (SSSR count). The lowest BCUT2D eigenvalue weighted by Crippen LogP contribution is -2.20. The molecule has 0 spiro atoms. The van der Waals surface area contributed by atoms with Crippen molar-refractivity contribution in [1.82, 2.24) is 59.0 Å². The van der Waals surface area contributed by atoms with Crippen molar-refractivity contribution in [2.75, 3.05) is 14.2 Å². The van der Waals surface area contributed by atoms with Gasteiger partial charge in [0.15, 0.2) is 11.5 Å². The summed E-state index contributed by atoms with van der Waals surface area (Å²) in [4.78, 5) is 120. The summed E-state index contributed by atoms with van der Waals surface area (Å²) in [5, 5.41) is 5.14. The summed E-state index contributed by atoms with van der Waals surface area (Å²) >= 11 is 0. The summed E-state index contributed by atoms with van der Waals surface area (Å²) in [6, 6.07) is 88.3. The van der Waals surface area contributed by atoms with Crippen LogP contribution in [0.25, 0.3) is 105 Å².